The SMILES string of the molecule is c1ccc(C2NC(c3ccccc3)N2c2ccc(-n3c4ccccc4c4ccc5c(c43)C(c3ccccc3)(c3ccccc3)c3ccccc3-5)cc2)cc1. The number of hydrogen-bond acceptors (Lipinski definition) is 2. The number of hydrogen-bond donors (Lipinski definition) is 1. The van der Waals surface area contributed by atoms with Crippen molar-refractivity contribution in [2.24, 2.45) is 0 Å². The molecule has 0 saturated carbocycles. The van der Waals surface area contributed by atoms with Crippen LogP contribution < -0.4 is 10.2 Å². The molecule has 256 valence electrons. The zero-order chi connectivity index (χ0) is 35.6. The lowest BCUT2D eigenvalue weighted by Gasteiger charge is -2.51. The van der Waals surface area contributed by atoms with Gasteiger partial charge in [-0.2, -0.15) is 0 Å². The van der Waals surface area contributed by atoms with Gasteiger partial charge in [-0.05, 0) is 69.3 Å². The van der Waals surface area contributed by atoms with Gasteiger partial charge in [0.15, 0.2) is 0 Å². The largest absolute Gasteiger partial charge is 0.332 e. The van der Waals surface area contributed by atoms with E-state index >= 15 is 0 Å². The van der Waals surface area contributed by atoms with Crippen LogP contribution in [0.5, 0.6) is 0 Å². The second-order valence-corrected chi connectivity index (χ2v) is 14.5. The van der Waals surface area contributed by atoms with Gasteiger partial charge in [-0.1, -0.05) is 176 Å². The summed E-state index contributed by atoms with van der Waals surface area (Å²) in [6.07, 6.45) is 0.157. The van der Waals surface area contributed by atoms with Gasteiger partial charge in [-0.3, -0.25) is 5.32 Å². The highest BCUT2D eigenvalue weighted by Crippen LogP contribution is 2.59. The van der Waals surface area contributed by atoms with E-state index in [2.05, 4.69) is 221 Å². The molecular weight excluding hydrogens is 655 g/mol. The van der Waals surface area contributed by atoms with Gasteiger partial charge in [0.2, 0.25) is 0 Å². The molecule has 0 spiro atoms. The van der Waals surface area contributed by atoms with E-state index in [9.17, 15) is 0 Å². The van der Waals surface area contributed by atoms with Crippen molar-refractivity contribution < 1.29 is 0 Å². The van der Waals surface area contributed by atoms with Gasteiger partial charge in [-0.15, -0.1) is 0 Å². The van der Waals surface area contributed by atoms with Crippen LogP contribution in [0.15, 0.2) is 206 Å². The molecule has 1 fully saturated rings. The molecule has 1 N–H and O–H groups in total. The third kappa shape index (κ3) is 4.39. The molecule has 1 aliphatic heterocycles. The van der Waals surface area contributed by atoms with E-state index in [0.717, 1.165) is 5.69 Å². The molecule has 2 aliphatic rings. The van der Waals surface area contributed by atoms with Gasteiger partial charge in [0.25, 0.3) is 0 Å². The van der Waals surface area contributed by atoms with Crippen LogP contribution in [0.3, 0.4) is 0 Å². The summed E-state index contributed by atoms with van der Waals surface area (Å²) in [7, 11) is 0. The highest BCUT2D eigenvalue weighted by Gasteiger charge is 2.48. The van der Waals surface area contributed by atoms with Crippen LogP contribution in [0.4, 0.5) is 5.69 Å². The first-order chi connectivity index (χ1) is 26.8. The predicted molar refractivity (Wildman–Crippen MR) is 222 cm³/mol. The molecular formula is C51H37N3. The Balaban J connectivity index is 1.16. The Morgan fingerprint density at radius 3 is 1.56 bits per heavy atom. The van der Waals surface area contributed by atoms with Crippen LogP contribution in [-0.2, 0) is 5.41 Å². The number of benzene rings is 8. The maximum absolute atomic E-state index is 3.85. The first kappa shape index (κ1) is 30.9. The molecule has 1 aromatic heterocycles. The van der Waals surface area contributed by atoms with Crippen molar-refractivity contribution in [1.82, 2.24) is 9.88 Å². The van der Waals surface area contributed by atoms with Crippen LogP contribution in [0.2, 0.25) is 0 Å². The average molecular weight is 692 g/mol. The summed E-state index contributed by atoms with van der Waals surface area (Å²) in [6.45, 7) is 0. The Hall–Kier alpha value is -6.68. The monoisotopic (exact) mass is 691 g/mol. The molecule has 2 heterocycles. The van der Waals surface area contributed by atoms with E-state index < -0.39 is 5.41 Å². The summed E-state index contributed by atoms with van der Waals surface area (Å²) in [5.41, 5.74) is 14.5. The van der Waals surface area contributed by atoms with Crippen molar-refractivity contribution in [3.63, 3.8) is 0 Å². The smallest absolute Gasteiger partial charge is 0.109 e. The van der Waals surface area contributed by atoms with Gasteiger partial charge in [0.05, 0.1) is 16.4 Å². The molecule has 0 amide bonds. The Labute approximate surface area is 315 Å². The molecule has 2 atom stereocenters. The van der Waals surface area contributed by atoms with Gasteiger partial charge in [-0.25, -0.2) is 0 Å². The number of fused-ring (bicyclic) bond motifs is 7. The standard InChI is InChI=1S/C51H37N3/c1-5-17-35(18-6-1)49-52-50(36-19-7-2-8-20-36)54(49)40-31-29-39(30-32-40)53-46-28-16-14-26-42(46)44-34-33-43-41-25-13-15-27-45(41)51(47(43)48(44)53,37-21-9-3-10-22-37)38-23-11-4-12-24-38/h1-34,49-50,52H. The Bertz CT molecular complexity index is 2700. The van der Waals surface area contributed by atoms with E-state index in [0.29, 0.717) is 0 Å². The lowest BCUT2D eigenvalue weighted by molar-refractivity contribution is 0.276. The molecule has 1 aliphatic carbocycles. The zero-order valence-electron chi connectivity index (χ0n) is 29.7. The highest BCUT2D eigenvalue weighted by atomic mass is 15.5. The van der Waals surface area contributed by atoms with E-state index in [4.69, 9.17) is 0 Å². The quantitative estimate of drug-likeness (QED) is 0.187. The van der Waals surface area contributed by atoms with Crippen LogP contribution >= 0.6 is 0 Å². The van der Waals surface area contributed by atoms with Crippen molar-refractivity contribution in [2.75, 3.05) is 4.90 Å². The summed E-state index contributed by atoms with van der Waals surface area (Å²) >= 11 is 0. The second-order valence-electron chi connectivity index (χ2n) is 14.5. The molecule has 9 aromatic rings. The summed E-state index contributed by atoms with van der Waals surface area (Å²) in [5, 5.41) is 6.37. The fourth-order valence-corrected chi connectivity index (χ4v) is 9.49. The molecule has 54 heavy (non-hydrogen) atoms. The van der Waals surface area contributed by atoms with Crippen molar-refractivity contribution >= 4 is 27.5 Å². The summed E-state index contributed by atoms with van der Waals surface area (Å²) in [6, 6.07) is 75.7. The maximum Gasteiger partial charge on any atom is 0.109 e. The molecule has 11 rings (SSSR count). The van der Waals surface area contributed by atoms with E-state index in [1.165, 1.54) is 72.0 Å². The third-order valence-corrected chi connectivity index (χ3v) is 11.8. The summed E-state index contributed by atoms with van der Waals surface area (Å²) in [4.78, 5) is 2.50. The molecule has 2 unspecified atom stereocenters. The maximum atomic E-state index is 3.85. The first-order valence-electron chi connectivity index (χ1n) is 18.8. The van der Waals surface area contributed by atoms with Gasteiger partial charge < -0.3 is 9.47 Å². The lowest BCUT2D eigenvalue weighted by atomic mass is 9.67. The fraction of sp³-hybridized carbons (Fsp3) is 0.0588. The highest BCUT2D eigenvalue weighted by molar-refractivity contribution is 6.13. The van der Waals surface area contributed by atoms with Gasteiger partial charge in [0, 0.05) is 27.7 Å². The Morgan fingerprint density at radius 1 is 0.407 bits per heavy atom. The van der Waals surface area contributed by atoms with Crippen LogP contribution in [0.1, 0.15) is 45.7 Å². The number of anilines is 1. The third-order valence-electron chi connectivity index (χ3n) is 11.8. The van der Waals surface area contributed by atoms with E-state index in [1.807, 2.05) is 0 Å². The molecule has 8 aromatic carbocycles. The van der Waals surface area contributed by atoms with Gasteiger partial charge in [0.1, 0.15) is 12.3 Å². The lowest BCUT2D eigenvalue weighted by Crippen LogP contribution is -2.57. The second kappa shape index (κ2) is 12.2. The minimum absolute atomic E-state index is 0.0784. The van der Waals surface area contributed by atoms with Gasteiger partial charge >= 0.3 is 0 Å². The van der Waals surface area contributed by atoms with Crippen LogP contribution in [0.25, 0.3) is 38.6 Å². The number of para-hydroxylation sites is 1. The molecule has 3 heteroatoms. The normalized spacial score (nSPS) is 16.9. The Kier molecular flexibility index (Phi) is 6.98. The summed E-state index contributed by atoms with van der Waals surface area (Å²) in [5.74, 6) is 0. The number of aromatic nitrogens is 1. The Morgan fingerprint density at radius 2 is 0.926 bits per heavy atom. The van der Waals surface area contributed by atoms with Crippen LogP contribution in [-0.4, -0.2) is 4.57 Å². The number of nitrogens with one attached hydrogen (secondary N) is 1. The van der Waals surface area contributed by atoms with Crippen molar-refractivity contribution in [1.29, 1.82) is 0 Å². The fourth-order valence-electron chi connectivity index (χ4n) is 9.49. The molecule has 3 nitrogen and oxygen atoms in total. The van der Waals surface area contributed by atoms with Crippen molar-refractivity contribution in [3.05, 3.63) is 240 Å². The van der Waals surface area contributed by atoms with Crippen molar-refractivity contribution in [3.8, 4) is 16.8 Å². The van der Waals surface area contributed by atoms with Crippen molar-refractivity contribution in [2.45, 2.75) is 17.7 Å². The van der Waals surface area contributed by atoms with E-state index in [-0.39, 0.29) is 12.3 Å². The average Bonchev–Trinajstić information content (AvgIpc) is 3.73. The van der Waals surface area contributed by atoms with E-state index in [1.54, 1.807) is 0 Å². The molecule has 0 radical (unpaired) electrons. The topological polar surface area (TPSA) is 20.2 Å². The first-order valence-corrected chi connectivity index (χ1v) is 18.8. The number of rotatable bonds is 6. The number of nitrogens with zero attached hydrogens (tertiary/aromatic N) is 2. The minimum atomic E-state index is -0.519. The van der Waals surface area contributed by atoms with Crippen LogP contribution in [0, 0.1) is 0 Å². The molecule has 1 saturated heterocycles. The minimum Gasteiger partial charge on any atom is -0.332 e. The summed E-state index contributed by atoms with van der Waals surface area (Å²) < 4.78 is 2.53. The molecule has 0 bridgehead atoms. The predicted octanol–water partition coefficient (Wildman–Crippen LogP) is 12.0. The zero-order valence-corrected chi connectivity index (χ0v) is 29.7.